The number of methoxy groups -OCH3 is 1. The van der Waals surface area contributed by atoms with E-state index in [0.717, 1.165) is 87.6 Å². The van der Waals surface area contributed by atoms with E-state index in [1.165, 1.54) is 50.4 Å². The molecule has 3 aromatic rings. The maximum absolute atomic E-state index is 13.6. The molecule has 0 unspecified atom stereocenters. The molecule has 6 atom stereocenters. The monoisotopic (exact) mass is 841 g/mol. The fourth-order valence-corrected chi connectivity index (χ4v) is 9.68. The minimum Gasteiger partial charge on any atom is -0.664 e. The molecule has 1 aliphatic carbocycles. The number of ether oxygens (including phenoxy) is 2. The SMILES string of the molecule is CCc1c2[n-]c(c1C)/C=C1\[N-]/C(=C3\c4[n-]c(c(C)c4[C@@H](O)[C@@H]3C(=O)OC)/C=c3\[n-]/c(c(C)c3CC)=C\2)[C@@H](CCC(=O)OC/C=C(\C)CCC[C@@H](C)CCC[C@H](C)CC)[C@@H]1C.[Mg+2]. The molecule has 61 heavy (non-hydrogen) atoms. The minimum atomic E-state index is -1.17. The normalized spacial score (nSPS) is 23.5. The Morgan fingerprint density at radius 1 is 0.836 bits per heavy atom. The molecule has 0 saturated carbocycles. The van der Waals surface area contributed by atoms with Crippen molar-refractivity contribution in [1.29, 1.82) is 0 Å². The van der Waals surface area contributed by atoms with E-state index in [4.69, 9.17) is 29.7 Å². The number of fused-ring (bicyclic) bond motifs is 7. The molecule has 8 bridgehead atoms. The van der Waals surface area contributed by atoms with E-state index in [1.807, 2.05) is 19.1 Å². The zero-order chi connectivity index (χ0) is 43.4. The largest absolute Gasteiger partial charge is 2.00 e. The Bertz CT molecular complexity index is 2280. The standard InChI is InChI=1S/C51H68N4O5.Mg/c1-12-28(4)17-15-18-29(5)19-16-20-30(6)23-24-60-44(56)22-21-37-33(9)40-25-38-31(7)35(13-2)42(52-38)26-39-32(8)36(14-3)43(53-39)27-41-34(10)45-49(55-41)46(48(37)54-40)47(50(45)57)51(58)59-11;/h23,25-29,33,37,47,50,57H,12-22,24H2,1-11H3;/q-4;+2/b30-23+,39-26-,40-25-,43-27-,48-46-;/t28-,29+,33+,37+,47-,50-;/m1./s1. The van der Waals surface area contributed by atoms with Gasteiger partial charge in [0.25, 0.3) is 0 Å². The summed E-state index contributed by atoms with van der Waals surface area (Å²) in [6, 6.07) is 0. The van der Waals surface area contributed by atoms with Crippen LogP contribution in [-0.4, -0.2) is 53.8 Å². The van der Waals surface area contributed by atoms with Crippen LogP contribution in [-0.2, 0) is 31.9 Å². The molecule has 1 saturated heterocycles. The third-order valence-corrected chi connectivity index (χ3v) is 13.9. The van der Waals surface area contributed by atoms with Gasteiger partial charge >= 0.3 is 35.0 Å². The first-order valence-electron chi connectivity index (χ1n) is 22.7. The molecule has 0 amide bonds. The summed E-state index contributed by atoms with van der Waals surface area (Å²) in [5.41, 5.74) is 12.2. The number of carbonyl (C=O) groups is 2. The first-order valence-corrected chi connectivity index (χ1v) is 22.7. The maximum Gasteiger partial charge on any atom is 2.00 e. The number of allylic oxidation sites excluding steroid dienone is 3. The Labute approximate surface area is 380 Å². The number of hydrogen-bond donors (Lipinski definition) is 1. The van der Waals surface area contributed by atoms with E-state index in [1.54, 1.807) is 0 Å². The van der Waals surface area contributed by atoms with Crippen LogP contribution in [0, 0.1) is 50.4 Å². The van der Waals surface area contributed by atoms with Crippen molar-refractivity contribution < 1.29 is 24.2 Å². The zero-order valence-corrected chi connectivity index (χ0v) is 40.2. The Hall–Kier alpha value is -3.73. The van der Waals surface area contributed by atoms with E-state index < -0.39 is 18.0 Å². The number of esters is 2. The second-order valence-electron chi connectivity index (χ2n) is 17.9. The van der Waals surface area contributed by atoms with Crippen LogP contribution in [0.25, 0.3) is 29.1 Å². The Morgan fingerprint density at radius 2 is 1.51 bits per heavy atom. The van der Waals surface area contributed by atoms with Crippen LogP contribution in [0.4, 0.5) is 0 Å². The van der Waals surface area contributed by atoms with Gasteiger partial charge in [0.2, 0.25) is 0 Å². The number of hydrogen-bond acceptors (Lipinski definition) is 5. The van der Waals surface area contributed by atoms with Gasteiger partial charge in [0, 0.05) is 6.42 Å². The summed E-state index contributed by atoms with van der Waals surface area (Å²) in [6.45, 7) is 21.9. The van der Waals surface area contributed by atoms with E-state index >= 15 is 0 Å². The summed E-state index contributed by atoms with van der Waals surface area (Å²) in [7, 11) is 1.34. The van der Waals surface area contributed by atoms with E-state index in [-0.39, 0.29) is 53.9 Å². The van der Waals surface area contributed by atoms with Crippen molar-refractivity contribution in [2.75, 3.05) is 13.7 Å². The van der Waals surface area contributed by atoms with Gasteiger partial charge in [-0.15, -0.1) is 33.5 Å². The molecule has 1 fully saturated rings. The van der Waals surface area contributed by atoms with Crippen LogP contribution < -0.4 is 25.7 Å². The molecule has 0 aromatic carbocycles. The van der Waals surface area contributed by atoms with Gasteiger partial charge in [0.15, 0.2) is 0 Å². The second kappa shape index (κ2) is 21.1. The zero-order valence-electron chi connectivity index (χ0n) is 38.8. The number of aliphatic hydroxyl groups excluding tert-OH is 1. The summed E-state index contributed by atoms with van der Waals surface area (Å²) < 4.78 is 11.1. The molecule has 3 aromatic heterocycles. The van der Waals surface area contributed by atoms with Crippen molar-refractivity contribution in [3.63, 3.8) is 0 Å². The molecule has 0 radical (unpaired) electrons. The van der Waals surface area contributed by atoms with Crippen LogP contribution in [0.1, 0.15) is 169 Å². The van der Waals surface area contributed by atoms with Gasteiger partial charge in [-0.3, -0.25) is 9.59 Å². The fourth-order valence-electron chi connectivity index (χ4n) is 9.68. The molecule has 3 aliphatic rings. The molecule has 326 valence electrons. The average molecular weight is 841 g/mol. The van der Waals surface area contributed by atoms with Crippen LogP contribution in [0.15, 0.2) is 23.0 Å². The van der Waals surface area contributed by atoms with Crippen molar-refractivity contribution in [1.82, 2.24) is 15.0 Å². The topological polar surface area (TPSA) is 129 Å². The summed E-state index contributed by atoms with van der Waals surface area (Å²) in [5.74, 6) is -0.677. The summed E-state index contributed by atoms with van der Waals surface area (Å²) in [4.78, 5) is 42.4. The number of aromatic nitrogens is 3. The van der Waals surface area contributed by atoms with Crippen molar-refractivity contribution in [3.05, 3.63) is 95.2 Å². The molecular formula is C51H68MgN4O5-2. The van der Waals surface area contributed by atoms with Gasteiger partial charge in [0.1, 0.15) is 12.5 Å². The third-order valence-electron chi connectivity index (χ3n) is 13.9. The number of aliphatic hydroxyl groups is 1. The second-order valence-corrected chi connectivity index (χ2v) is 17.9. The van der Waals surface area contributed by atoms with Gasteiger partial charge in [0.05, 0.1) is 13.2 Å². The van der Waals surface area contributed by atoms with Crippen LogP contribution in [0.5, 0.6) is 0 Å². The van der Waals surface area contributed by atoms with Crippen LogP contribution in [0.3, 0.4) is 0 Å². The first kappa shape index (κ1) is 48.3. The van der Waals surface area contributed by atoms with Gasteiger partial charge in [-0.25, -0.2) is 0 Å². The van der Waals surface area contributed by atoms with Gasteiger partial charge < -0.3 is 34.8 Å². The van der Waals surface area contributed by atoms with Gasteiger partial charge in [-0.2, -0.15) is 11.4 Å². The maximum atomic E-state index is 13.6. The quantitative estimate of drug-likeness (QED) is 0.0813. The molecule has 10 heteroatoms. The summed E-state index contributed by atoms with van der Waals surface area (Å²) in [6.07, 6.45) is 17.8. The van der Waals surface area contributed by atoms with Crippen LogP contribution in [0.2, 0.25) is 0 Å². The molecule has 0 spiro atoms. The van der Waals surface area contributed by atoms with Gasteiger partial charge in [-0.05, 0) is 95.1 Å². The molecule has 5 heterocycles. The number of rotatable bonds is 17. The van der Waals surface area contributed by atoms with Gasteiger partial charge in [-0.1, -0.05) is 131 Å². The van der Waals surface area contributed by atoms with Crippen molar-refractivity contribution in [2.45, 2.75) is 146 Å². The van der Waals surface area contributed by atoms with E-state index in [2.05, 4.69) is 74.5 Å². The average Bonchev–Trinajstić information content (AvgIpc) is 3.97. The summed E-state index contributed by atoms with van der Waals surface area (Å²) in [5, 5.41) is 19.0. The predicted octanol–water partition coefficient (Wildman–Crippen LogP) is 8.72. The van der Waals surface area contributed by atoms with Crippen molar-refractivity contribution >= 4 is 58.8 Å². The third kappa shape index (κ3) is 10.2. The van der Waals surface area contributed by atoms with E-state index in [0.29, 0.717) is 34.6 Å². The molecular weight excluding hydrogens is 773 g/mol. The molecule has 1 N–H and O–H groups in total. The predicted molar refractivity (Wildman–Crippen MR) is 246 cm³/mol. The molecule has 2 aliphatic heterocycles. The van der Waals surface area contributed by atoms with Crippen molar-refractivity contribution in [2.24, 2.45) is 29.6 Å². The number of nitrogens with zero attached hydrogens (tertiary/aromatic N) is 4. The smallest absolute Gasteiger partial charge is 0.664 e. The minimum absolute atomic E-state index is 0. The summed E-state index contributed by atoms with van der Waals surface area (Å²) >= 11 is 0. The Balaban J connectivity index is 0.00000704. The molecule has 9 nitrogen and oxygen atoms in total. The Morgan fingerprint density at radius 3 is 2.20 bits per heavy atom. The molecule has 6 rings (SSSR count). The van der Waals surface area contributed by atoms with Crippen molar-refractivity contribution in [3.8, 4) is 0 Å². The van der Waals surface area contributed by atoms with E-state index in [9.17, 15) is 14.7 Å². The van der Waals surface area contributed by atoms with Crippen LogP contribution >= 0.6 is 0 Å². The first-order chi connectivity index (χ1) is 28.7. The Kier molecular flexibility index (Phi) is 16.7. The number of carbonyl (C=O) groups excluding carboxylic acids is 2. The fraction of sp³-hybridized carbons (Fsp3) is 0.569.